The number of anilines is 2. The molecule has 3 aromatic rings. The summed E-state index contributed by atoms with van der Waals surface area (Å²) in [5, 5.41) is 0.617. The van der Waals surface area contributed by atoms with Gasteiger partial charge in [0.25, 0.3) is 5.91 Å². The van der Waals surface area contributed by atoms with Crippen molar-refractivity contribution in [2.75, 3.05) is 9.80 Å². The van der Waals surface area contributed by atoms with E-state index in [2.05, 4.69) is 0 Å². The van der Waals surface area contributed by atoms with Crippen molar-refractivity contribution in [3.05, 3.63) is 88.9 Å². The first kappa shape index (κ1) is 23.8. The van der Waals surface area contributed by atoms with E-state index in [-0.39, 0.29) is 30.0 Å². The lowest BCUT2D eigenvalue weighted by molar-refractivity contribution is -0.117. The van der Waals surface area contributed by atoms with Gasteiger partial charge in [-0.1, -0.05) is 29.8 Å². The highest BCUT2D eigenvalue weighted by Crippen LogP contribution is 2.42. The van der Waals surface area contributed by atoms with Crippen LogP contribution in [0.3, 0.4) is 0 Å². The summed E-state index contributed by atoms with van der Waals surface area (Å²) in [6.45, 7) is 7.53. The van der Waals surface area contributed by atoms with Crippen molar-refractivity contribution in [3.63, 3.8) is 0 Å². The number of fused-ring (bicyclic) bond motifs is 1. The second-order valence-corrected chi connectivity index (χ2v) is 9.33. The summed E-state index contributed by atoms with van der Waals surface area (Å²) < 4.78 is 5.71. The monoisotopic (exact) mass is 476 g/mol. The van der Waals surface area contributed by atoms with Crippen LogP contribution in [0.2, 0.25) is 5.02 Å². The van der Waals surface area contributed by atoms with E-state index in [9.17, 15) is 9.59 Å². The van der Waals surface area contributed by atoms with Gasteiger partial charge < -0.3 is 14.5 Å². The van der Waals surface area contributed by atoms with Crippen LogP contribution >= 0.6 is 11.6 Å². The Kier molecular flexibility index (Phi) is 6.94. The third-order valence-electron chi connectivity index (χ3n) is 6.01. The van der Waals surface area contributed by atoms with Crippen LogP contribution in [0.5, 0.6) is 5.75 Å². The molecule has 0 N–H and O–H groups in total. The van der Waals surface area contributed by atoms with Gasteiger partial charge in [-0.3, -0.25) is 9.59 Å². The Bertz CT molecular complexity index is 1180. The molecule has 0 aromatic heterocycles. The molecule has 0 saturated heterocycles. The van der Waals surface area contributed by atoms with Crippen LogP contribution in [0.4, 0.5) is 11.4 Å². The van der Waals surface area contributed by atoms with Crippen LogP contribution in [0.1, 0.15) is 56.1 Å². The molecule has 1 aliphatic heterocycles. The standard InChI is InChI=1S/C28H29ClN2O3/c1-18(2)34-24-15-9-21(10-16-24)28(33)30-19(3)17-27(25-7-5-6-8-26(25)30)31(20(4)32)23-13-11-22(29)12-14-23/h5-16,18-19,27H,17H2,1-4H3. The van der Waals surface area contributed by atoms with Crippen molar-refractivity contribution in [1.82, 2.24) is 0 Å². The van der Waals surface area contributed by atoms with E-state index in [1.807, 2.05) is 74.2 Å². The molecule has 176 valence electrons. The van der Waals surface area contributed by atoms with Gasteiger partial charge in [-0.25, -0.2) is 0 Å². The number of nitrogens with zero attached hydrogens (tertiary/aromatic N) is 2. The predicted molar refractivity (Wildman–Crippen MR) is 137 cm³/mol. The number of carbonyl (C=O) groups excluding carboxylic acids is 2. The highest BCUT2D eigenvalue weighted by atomic mass is 35.5. The van der Waals surface area contributed by atoms with Crippen molar-refractivity contribution >= 4 is 34.8 Å². The molecule has 4 rings (SSSR count). The first-order valence-electron chi connectivity index (χ1n) is 11.5. The van der Waals surface area contributed by atoms with Gasteiger partial charge in [0.1, 0.15) is 5.75 Å². The van der Waals surface area contributed by atoms with E-state index in [1.54, 1.807) is 36.1 Å². The zero-order chi connectivity index (χ0) is 24.4. The molecule has 0 bridgehead atoms. The molecule has 3 aromatic carbocycles. The topological polar surface area (TPSA) is 49.9 Å². The molecule has 2 amide bonds. The lowest BCUT2D eigenvalue weighted by Gasteiger charge is -2.43. The number of hydrogen-bond donors (Lipinski definition) is 0. The molecule has 1 aliphatic rings. The predicted octanol–water partition coefficient (Wildman–Crippen LogP) is 6.66. The van der Waals surface area contributed by atoms with Crippen molar-refractivity contribution in [1.29, 1.82) is 0 Å². The zero-order valence-corrected chi connectivity index (χ0v) is 20.6. The number of carbonyl (C=O) groups is 2. The van der Waals surface area contributed by atoms with Crippen LogP contribution in [-0.4, -0.2) is 24.0 Å². The van der Waals surface area contributed by atoms with Crippen LogP contribution in [0, 0.1) is 0 Å². The van der Waals surface area contributed by atoms with Crippen molar-refractivity contribution in [2.24, 2.45) is 0 Å². The van der Waals surface area contributed by atoms with Gasteiger partial charge in [-0.05, 0) is 87.4 Å². The number of para-hydroxylation sites is 1. The number of benzene rings is 3. The highest BCUT2D eigenvalue weighted by molar-refractivity contribution is 6.30. The molecular formula is C28H29ClN2O3. The fourth-order valence-electron chi connectivity index (χ4n) is 4.61. The van der Waals surface area contributed by atoms with Gasteiger partial charge in [-0.2, -0.15) is 0 Å². The first-order valence-corrected chi connectivity index (χ1v) is 11.9. The summed E-state index contributed by atoms with van der Waals surface area (Å²) in [6, 6.07) is 22.0. The molecule has 2 atom stereocenters. The fourth-order valence-corrected chi connectivity index (χ4v) is 4.73. The molecule has 1 heterocycles. The third-order valence-corrected chi connectivity index (χ3v) is 6.26. The van der Waals surface area contributed by atoms with Gasteiger partial charge in [0.15, 0.2) is 0 Å². The normalized spacial score (nSPS) is 17.3. The average Bonchev–Trinajstić information content (AvgIpc) is 2.80. The third kappa shape index (κ3) is 4.80. The number of amides is 2. The number of ether oxygens (including phenoxy) is 1. The van der Waals surface area contributed by atoms with Crippen molar-refractivity contribution in [2.45, 2.75) is 52.3 Å². The second kappa shape index (κ2) is 9.90. The van der Waals surface area contributed by atoms with Crippen molar-refractivity contribution in [3.8, 4) is 5.75 Å². The Labute approximate surface area is 205 Å². The molecule has 0 spiro atoms. The zero-order valence-electron chi connectivity index (χ0n) is 19.9. The summed E-state index contributed by atoms with van der Waals surface area (Å²) in [6.07, 6.45) is 0.678. The lowest BCUT2D eigenvalue weighted by atomic mass is 9.89. The van der Waals surface area contributed by atoms with Crippen molar-refractivity contribution < 1.29 is 14.3 Å². The highest BCUT2D eigenvalue weighted by Gasteiger charge is 2.38. The minimum absolute atomic E-state index is 0.0603. The van der Waals surface area contributed by atoms with E-state index >= 15 is 0 Å². The molecule has 2 unspecified atom stereocenters. The Morgan fingerprint density at radius 3 is 2.26 bits per heavy atom. The van der Waals surface area contributed by atoms with Gasteiger partial charge in [0, 0.05) is 34.9 Å². The van der Waals surface area contributed by atoms with E-state index < -0.39 is 0 Å². The minimum atomic E-state index is -0.198. The number of rotatable bonds is 5. The molecular weight excluding hydrogens is 448 g/mol. The minimum Gasteiger partial charge on any atom is -0.491 e. The summed E-state index contributed by atoms with van der Waals surface area (Å²) >= 11 is 6.08. The summed E-state index contributed by atoms with van der Waals surface area (Å²) in [5.74, 6) is 0.601. The van der Waals surface area contributed by atoms with Crippen LogP contribution in [0.25, 0.3) is 0 Å². The Balaban J connectivity index is 1.70. The van der Waals surface area contributed by atoms with Gasteiger partial charge in [0.05, 0.1) is 12.1 Å². The van der Waals surface area contributed by atoms with Gasteiger partial charge in [0.2, 0.25) is 5.91 Å². The average molecular weight is 477 g/mol. The molecule has 6 heteroatoms. The maximum Gasteiger partial charge on any atom is 0.258 e. The molecule has 34 heavy (non-hydrogen) atoms. The first-order chi connectivity index (χ1) is 16.3. The molecule has 5 nitrogen and oxygen atoms in total. The van der Waals surface area contributed by atoms with Crippen LogP contribution in [-0.2, 0) is 4.79 Å². The molecule has 0 radical (unpaired) electrons. The van der Waals surface area contributed by atoms with Gasteiger partial charge in [-0.15, -0.1) is 0 Å². The summed E-state index contributed by atoms with van der Waals surface area (Å²) in [7, 11) is 0. The maximum atomic E-state index is 13.6. The quantitative estimate of drug-likeness (QED) is 0.413. The van der Waals surface area contributed by atoms with E-state index in [0.29, 0.717) is 17.0 Å². The van der Waals surface area contributed by atoms with E-state index in [1.165, 1.54) is 0 Å². The van der Waals surface area contributed by atoms with E-state index in [0.717, 1.165) is 22.7 Å². The summed E-state index contributed by atoms with van der Waals surface area (Å²) in [4.78, 5) is 30.0. The second-order valence-electron chi connectivity index (χ2n) is 8.89. The largest absolute Gasteiger partial charge is 0.491 e. The summed E-state index contributed by atoms with van der Waals surface area (Å²) in [5.41, 5.74) is 3.14. The Morgan fingerprint density at radius 1 is 1.00 bits per heavy atom. The Morgan fingerprint density at radius 2 is 1.65 bits per heavy atom. The van der Waals surface area contributed by atoms with E-state index in [4.69, 9.17) is 16.3 Å². The SMILES string of the molecule is CC(=O)N(c1ccc(Cl)cc1)C1CC(C)N(C(=O)c2ccc(OC(C)C)cc2)c2ccccc21. The Hall–Kier alpha value is -3.31. The molecule has 0 saturated carbocycles. The van der Waals surface area contributed by atoms with Crippen LogP contribution < -0.4 is 14.5 Å². The lowest BCUT2D eigenvalue weighted by Crippen LogP contribution is -2.47. The maximum absolute atomic E-state index is 13.6. The fraction of sp³-hybridized carbons (Fsp3) is 0.286. The molecule has 0 fully saturated rings. The van der Waals surface area contributed by atoms with Gasteiger partial charge >= 0.3 is 0 Å². The smallest absolute Gasteiger partial charge is 0.258 e. The molecule has 0 aliphatic carbocycles. The van der Waals surface area contributed by atoms with Crippen LogP contribution in [0.15, 0.2) is 72.8 Å². The number of hydrogen-bond acceptors (Lipinski definition) is 3. The number of halogens is 1.